The third kappa shape index (κ3) is 2.98. The molecule has 106 valence electrons. The summed E-state index contributed by atoms with van der Waals surface area (Å²) in [5.41, 5.74) is 0. The first kappa shape index (κ1) is 13.1. The van der Waals surface area contributed by atoms with Gasteiger partial charge in [-0.2, -0.15) is 5.10 Å². The maximum atomic E-state index is 5.52. The molecule has 2 saturated heterocycles. The van der Waals surface area contributed by atoms with Crippen LogP contribution in [-0.4, -0.2) is 52.0 Å². The van der Waals surface area contributed by atoms with E-state index in [1.807, 2.05) is 13.8 Å². The third-order valence-electron chi connectivity index (χ3n) is 4.37. The van der Waals surface area contributed by atoms with Crippen LogP contribution in [0.3, 0.4) is 0 Å². The van der Waals surface area contributed by atoms with E-state index in [4.69, 9.17) is 4.74 Å². The van der Waals surface area contributed by atoms with Crippen LogP contribution < -0.4 is 0 Å². The van der Waals surface area contributed by atoms with Gasteiger partial charge >= 0.3 is 0 Å². The molecule has 5 heteroatoms. The zero-order chi connectivity index (χ0) is 13.2. The molecule has 0 saturated carbocycles. The zero-order valence-electron chi connectivity index (χ0n) is 12.0. The van der Waals surface area contributed by atoms with E-state index in [1.165, 1.54) is 32.4 Å². The first-order valence-electron chi connectivity index (χ1n) is 7.42. The van der Waals surface area contributed by atoms with E-state index >= 15 is 0 Å². The Bertz CT molecular complexity index is 425. The van der Waals surface area contributed by atoms with Crippen molar-refractivity contribution in [2.45, 2.75) is 45.7 Å². The minimum Gasteiger partial charge on any atom is -0.380 e. The minimum absolute atomic E-state index is 0.654. The predicted octanol–water partition coefficient (Wildman–Crippen LogP) is 1.40. The molecule has 2 atom stereocenters. The van der Waals surface area contributed by atoms with Crippen LogP contribution >= 0.6 is 0 Å². The number of aromatic nitrogens is 3. The van der Waals surface area contributed by atoms with Crippen molar-refractivity contribution in [3.8, 4) is 0 Å². The molecule has 2 aliphatic heterocycles. The van der Waals surface area contributed by atoms with Crippen LogP contribution in [0, 0.1) is 19.8 Å². The second-order valence-electron chi connectivity index (χ2n) is 5.91. The Balaban J connectivity index is 1.60. The number of aryl methyl sites for hydroxylation is 2. The van der Waals surface area contributed by atoms with Gasteiger partial charge in [-0.1, -0.05) is 0 Å². The van der Waals surface area contributed by atoms with Crippen LogP contribution in [0.4, 0.5) is 0 Å². The lowest BCUT2D eigenvalue weighted by Crippen LogP contribution is -2.44. The summed E-state index contributed by atoms with van der Waals surface area (Å²) in [5.74, 6) is 2.63. The van der Waals surface area contributed by atoms with E-state index in [-0.39, 0.29) is 0 Å². The summed E-state index contributed by atoms with van der Waals surface area (Å²) < 4.78 is 7.60. The van der Waals surface area contributed by atoms with Gasteiger partial charge in [-0.25, -0.2) is 9.67 Å². The summed E-state index contributed by atoms with van der Waals surface area (Å²) >= 11 is 0. The van der Waals surface area contributed by atoms with Crippen LogP contribution in [0.2, 0.25) is 0 Å². The first-order chi connectivity index (χ1) is 9.22. The van der Waals surface area contributed by atoms with Gasteiger partial charge in [-0.3, -0.25) is 4.90 Å². The highest BCUT2D eigenvalue weighted by Gasteiger charge is 2.28. The molecule has 3 heterocycles. The van der Waals surface area contributed by atoms with Gasteiger partial charge in [-0.15, -0.1) is 0 Å². The van der Waals surface area contributed by atoms with Gasteiger partial charge in [0, 0.05) is 25.7 Å². The first-order valence-corrected chi connectivity index (χ1v) is 7.42. The molecule has 0 aromatic carbocycles. The number of ether oxygens (including phenoxy) is 1. The van der Waals surface area contributed by atoms with E-state index in [0.29, 0.717) is 12.0 Å². The molecule has 19 heavy (non-hydrogen) atoms. The van der Waals surface area contributed by atoms with Gasteiger partial charge in [0.05, 0.1) is 6.61 Å². The van der Waals surface area contributed by atoms with Gasteiger partial charge in [0.2, 0.25) is 0 Å². The number of hydrogen-bond acceptors (Lipinski definition) is 4. The molecule has 2 aliphatic rings. The fraction of sp³-hybridized carbons (Fsp3) is 0.857. The van der Waals surface area contributed by atoms with Gasteiger partial charge in [0.1, 0.15) is 11.6 Å². The largest absolute Gasteiger partial charge is 0.380 e. The number of likely N-dealkylation sites (tertiary alicyclic amines) is 1. The molecule has 1 aromatic rings. The van der Waals surface area contributed by atoms with Crippen molar-refractivity contribution in [1.82, 2.24) is 19.7 Å². The standard InChI is InChI=1S/C14H24N4O/c1-11-15-12(2)18(16-11)9-13-4-3-6-17(8-13)14-5-7-19-10-14/h13-14H,3-10H2,1-2H3. The second-order valence-corrected chi connectivity index (χ2v) is 5.91. The molecule has 0 N–H and O–H groups in total. The van der Waals surface area contributed by atoms with Crippen LogP contribution in [0.5, 0.6) is 0 Å². The van der Waals surface area contributed by atoms with E-state index in [9.17, 15) is 0 Å². The van der Waals surface area contributed by atoms with E-state index < -0.39 is 0 Å². The molecule has 0 amide bonds. The highest BCUT2D eigenvalue weighted by Crippen LogP contribution is 2.23. The Kier molecular flexibility index (Phi) is 3.84. The topological polar surface area (TPSA) is 43.2 Å². The maximum absolute atomic E-state index is 5.52. The van der Waals surface area contributed by atoms with Crippen molar-refractivity contribution in [2.75, 3.05) is 26.3 Å². The molecule has 3 rings (SSSR count). The van der Waals surface area contributed by atoms with Crippen molar-refractivity contribution < 1.29 is 4.74 Å². The van der Waals surface area contributed by atoms with Crippen molar-refractivity contribution in [1.29, 1.82) is 0 Å². The van der Waals surface area contributed by atoms with Gasteiger partial charge in [0.15, 0.2) is 0 Å². The van der Waals surface area contributed by atoms with Gasteiger partial charge in [-0.05, 0) is 45.6 Å². The summed E-state index contributed by atoms with van der Waals surface area (Å²) in [4.78, 5) is 7.02. The number of rotatable bonds is 3. The molecule has 2 unspecified atom stereocenters. The smallest absolute Gasteiger partial charge is 0.147 e. The van der Waals surface area contributed by atoms with E-state index in [0.717, 1.165) is 31.4 Å². The summed E-state index contributed by atoms with van der Waals surface area (Å²) in [6.07, 6.45) is 3.81. The Morgan fingerprint density at radius 3 is 2.89 bits per heavy atom. The van der Waals surface area contributed by atoms with E-state index in [1.54, 1.807) is 0 Å². The van der Waals surface area contributed by atoms with Crippen molar-refractivity contribution in [3.63, 3.8) is 0 Å². The second kappa shape index (κ2) is 5.59. The van der Waals surface area contributed by atoms with Crippen molar-refractivity contribution >= 4 is 0 Å². The SMILES string of the molecule is Cc1nc(C)n(CC2CCCN(C3CCOC3)C2)n1. The molecule has 5 nitrogen and oxygen atoms in total. The molecule has 1 aromatic heterocycles. The van der Waals surface area contributed by atoms with Crippen LogP contribution in [-0.2, 0) is 11.3 Å². The lowest BCUT2D eigenvalue weighted by atomic mass is 9.96. The van der Waals surface area contributed by atoms with Crippen LogP contribution in [0.15, 0.2) is 0 Å². The Morgan fingerprint density at radius 1 is 1.32 bits per heavy atom. The number of nitrogens with zero attached hydrogens (tertiary/aromatic N) is 4. The van der Waals surface area contributed by atoms with Crippen molar-refractivity contribution in [3.05, 3.63) is 11.6 Å². The molecular weight excluding hydrogens is 240 g/mol. The summed E-state index contributed by atoms with van der Waals surface area (Å²) in [6, 6.07) is 0.654. The van der Waals surface area contributed by atoms with Crippen LogP contribution in [0.1, 0.15) is 30.9 Å². The highest BCUT2D eigenvalue weighted by molar-refractivity contribution is 4.89. The quantitative estimate of drug-likeness (QED) is 0.827. The van der Waals surface area contributed by atoms with Crippen LogP contribution in [0.25, 0.3) is 0 Å². The summed E-state index contributed by atoms with van der Waals surface area (Å²) in [6.45, 7) is 9.31. The van der Waals surface area contributed by atoms with Gasteiger partial charge in [0.25, 0.3) is 0 Å². The van der Waals surface area contributed by atoms with Gasteiger partial charge < -0.3 is 4.74 Å². The minimum atomic E-state index is 0.654. The maximum Gasteiger partial charge on any atom is 0.147 e. The molecule has 2 fully saturated rings. The Morgan fingerprint density at radius 2 is 2.21 bits per heavy atom. The monoisotopic (exact) mass is 264 g/mol. The Labute approximate surface area is 114 Å². The summed E-state index contributed by atoms with van der Waals surface area (Å²) in [5, 5.41) is 4.49. The third-order valence-corrected chi connectivity index (χ3v) is 4.37. The summed E-state index contributed by atoms with van der Waals surface area (Å²) in [7, 11) is 0. The fourth-order valence-corrected chi connectivity index (χ4v) is 3.37. The lowest BCUT2D eigenvalue weighted by molar-refractivity contribution is 0.0961. The molecule has 0 aliphatic carbocycles. The van der Waals surface area contributed by atoms with E-state index in [2.05, 4.69) is 19.7 Å². The number of piperidine rings is 1. The highest BCUT2D eigenvalue weighted by atomic mass is 16.5. The zero-order valence-corrected chi connectivity index (χ0v) is 12.0. The van der Waals surface area contributed by atoms with Crippen molar-refractivity contribution in [2.24, 2.45) is 5.92 Å². The normalized spacial score (nSPS) is 28.9. The Hall–Kier alpha value is -0.940. The molecule has 0 spiro atoms. The predicted molar refractivity (Wildman–Crippen MR) is 73.0 cm³/mol. The lowest BCUT2D eigenvalue weighted by Gasteiger charge is -2.36. The average molecular weight is 264 g/mol. The fourth-order valence-electron chi connectivity index (χ4n) is 3.37. The number of hydrogen-bond donors (Lipinski definition) is 0. The molecule has 0 bridgehead atoms. The molecule has 0 radical (unpaired) electrons. The average Bonchev–Trinajstić information content (AvgIpc) is 3.01. The molecular formula is C14H24N4O.